The number of carbonyl (C=O) groups is 1. The molecule has 5 rings (SSSR count). The summed E-state index contributed by atoms with van der Waals surface area (Å²) in [6, 6.07) is 0. The second-order valence-corrected chi connectivity index (χ2v) is 11.5. The van der Waals surface area contributed by atoms with Gasteiger partial charge in [0.05, 0.1) is 17.7 Å². The van der Waals surface area contributed by atoms with Gasteiger partial charge in [0.15, 0.2) is 5.78 Å². The Morgan fingerprint density at radius 3 is 2.75 bits per heavy atom. The highest BCUT2D eigenvalue weighted by molar-refractivity contribution is 6.29. The van der Waals surface area contributed by atoms with Crippen LogP contribution in [0.25, 0.3) is 6.08 Å². The summed E-state index contributed by atoms with van der Waals surface area (Å²) in [5, 5.41) is 27.7. The quantitative estimate of drug-likeness (QED) is 0.664. The zero-order valence-corrected chi connectivity index (χ0v) is 20.1. The number of aliphatic hydroxyl groups excluding tert-OH is 1. The zero-order valence-electron chi connectivity index (χ0n) is 19.4. The molecule has 2 N–H and O–H groups in total. The average molecular weight is 465 g/mol. The van der Waals surface area contributed by atoms with E-state index in [9.17, 15) is 15.0 Å². The standard InChI is InChI=1S/C25H34ClFN2O3/c1-5-29-13-15-10-22(3)16(9-19(15)28-29)6-7-17-18-8-14(2)25(32,21(31)12-26)23(18,4)11-20(30)24(17,22)27/h9,13-14,17-18,20,30,32H,5-8,10-12H2,1-4H3/t14-,17-,18-,20-,22-,23-,24-,25-/m0/s1. The minimum absolute atomic E-state index is 0.0537. The first-order chi connectivity index (χ1) is 15.0. The van der Waals surface area contributed by atoms with Crippen LogP contribution in [0.4, 0.5) is 4.39 Å². The lowest BCUT2D eigenvalue weighted by molar-refractivity contribution is -0.225. The van der Waals surface area contributed by atoms with Gasteiger partial charge in [-0.25, -0.2) is 4.39 Å². The molecule has 0 bridgehead atoms. The molecule has 0 aliphatic heterocycles. The van der Waals surface area contributed by atoms with Gasteiger partial charge in [-0.2, -0.15) is 5.10 Å². The molecule has 4 aliphatic rings. The lowest BCUT2D eigenvalue weighted by Crippen LogP contribution is -2.70. The minimum atomic E-state index is -1.83. The number of allylic oxidation sites excluding steroid dienone is 1. The van der Waals surface area contributed by atoms with Crippen molar-refractivity contribution in [3.63, 3.8) is 0 Å². The van der Waals surface area contributed by atoms with Gasteiger partial charge in [0.25, 0.3) is 0 Å². The second kappa shape index (κ2) is 6.89. The number of aryl methyl sites for hydroxylation is 1. The van der Waals surface area contributed by atoms with Crippen molar-refractivity contribution in [3.8, 4) is 0 Å². The Balaban J connectivity index is 1.60. The fourth-order valence-electron chi connectivity index (χ4n) is 8.30. The summed E-state index contributed by atoms with van der Waals surface area (Å²) in [7, 11) is 0. The molecule has 0 spiro atoms. The van der Waals surface area contributed by atoms with E-state index < -0.39 is 39.9 Å². The Hall–Kier alpha value is -1.24. The van der Waals surface area contributed by atoms with Gasteiger partial charge in [0.1, 0.15) is 11.3 Å². The Morgan fingerprint density at radius 1 is 1.38 bits per heavy atom. The molecule has 1 aromatic heterocycles. The second-order valence-electron chi connectivity index (χ2n) is 11.2. The summed E-state index contributed by atoms with van der Waals surface area (Å²) >= 11 is 5.89. The first-order valence-electron chi connectivity index (χ1n) is 11.9. The van der Waals surface area contributed by atoms with E-state index in [1.807, 2.05) is 44.6 Å². The van der Waals surface area contributed by atoms with Crippen LogP contribution in [0.1, 0.15) is 64.6 Å². The molecular weight excluding hydrogens is 431 g/mol. The highest BCUT2D eigenvalue weighted by atomic mass is 35.5. The van der Waals surface area contributed by atoms with Crippen molar-refractivity contribution < 1.29 is 19.4 Å². The van der Waals surface area contributed by atoms with Crippen LogP contribution in [-0.4, -0.2) is 49.0 Å². The van der Waals surface area contributed by atoms with E-state index in [-0.39, 0.29) is 24.1 Å². The molecule has 176 valence electrons. The van der Waals surface area contributed by atoms with E-state index >= 15 is 4.39 Å². The van der Waals surface area contributed by atoms with E-state index in [2.05, 4.69) is 5.10 Å². The van der Waals surface area contributed by atoms with E-state index in [1.165, 1.54) is 0 Å². The number of fused-ring (bicyclic) bond motifs is 6. The van der Waals surface area contributed by atoms with Crippen LogP contribution >= 0.6 is 11.6 Å². The van der Waals surface area contributed by atoms with Crippen LogP contribution in [0.2, 0.25) is 0 Å². The molecule has 5 nitrogen and oxygen atoms in total. The number of nitrogens with zero attached hydrogens (tertiary/aromatic N) is 2. The Morgan fingerprint density at radius 2 is 2.09 bits per heavy atom. The van der Waals surface area contributed by atoms with Gasteiger partial charge < -0.3 is 10.2 Å². The van der Waals surface area contributed by atoms with Crippen LogP contribution in [0.15, 0.2) is 11.8 Å². The van der Waals surface area contributed by atoms with Crippen molar-refractivity contribution >= 4 is 23.5 Å². The lowest BCUT2D eigenvalue weighted by Gasteiger charge is -2.63. The van der Waals surface area contributed by atoms with Crippen LogP contribution in [-0.2, 0) is 17.8 Å². The molecule has 0 amide bonds. The van der Waals surface area contributed by atoms with Gasteiger partial charge >= 0.3 is 0 Å². The molecule has 3 fully saturated rings. The predicted molar refractivity (Wildman–Crippen MR) is 121 cm³/mol. The molecule has 32 heavy (non-hydrogen) atoms. The maximum absolute atomic E-state index is 17.5. The number of ketones is 1. The number of hydrogen-bond acceptors (Lipinski definition) is 4. The van der Waals surface area contributed by atoms with Gasteiger partial charge in [-0.3, -0.25) is 9.48 Å². The van der Waals surface area contributed by atoms with Crippen molar-refractivity contribution in [1.29, 1.82) is 0 Å². The van der Waals surface area contributed by atoms with Gasteiger partial charge in [0, 0.05) is 29.5 Å². The van der Waals surface area contributed by atoms with Crippen LogP contribution in [0.5, 0.6) is 0 Å². The third-order valence-electron chi connectivity index (χ3n) is 10.0. The van der Waals surface area contributed by atoms with Gasteiger partial charge in [0.2, 0.25) is 0 Å². The Labute approximate surface area is 194 Å². The number of carbonyl (C=O) groups excluding carboxylic acids is 1. The maximum Gasteiger partial charge on any atom is 0.179 e. The van der Waals surface area contributed by atoms with E-state index in [1.54, 1.807) is 0 Å². The fourth-order valence-corrected chi connectivity index (χ4v) is 8.51. The van der Waals surface area contributed by atoms with Gasteiger partial charge in [-0.1, -0.05) is 26.3 Å². The van der Waals surface area contributed by atoms with Crippen LogP contribution in [0.3, 0.4) is 0 Å². The molecule has 0 aromatic carbocycles. The van der Waals surface area contributed by atoms with Crippen molar-refractivity contribution in [2.45, 2.75) is 83.7 Å². The van der Waals surface area contributed by atoms with Gasteiger partial charge in [-0.15, -0.1) is 11.6 Å². The third kappa shape index (κ3) is 2.42. The van der Waals surface area contributed by atoms with E-state index in [4.69, 9.17) is 11.6 Å². The largest absolute Gasteiger partial charge is 0.390 e. The molecule has 1 heterocycles. The monoisotopic (exact) mass is 464 g/mol. The minimum Gasteiger partial charge on any atom is -0.390 e. The summed E-state index contributed by atoms with van der Waals surface area (Å²) in [4.78, 5) is 12.8. The van der Waals surface area contributed by atoms with Gasteiger partial charge in [-0.05, 0) is 62.5 Å². The highest BCUT2D eigenvalue weighted by Crippen LogP contribution is 2.71. The SMILES string of the molecule is CCn1cc2c(n1)C=C1CC[C@H]3[C@@H]4C[C@H](C)[C@](O)(C(=O)CCl)[C@@]4(C)C[C@H](O)[C@]3(F)[C@@]1(C)C2. The summed E-state index contributed by atoms with van der Waals surface area (Å²) < 4.78 is 19.4. The van der Waals surface area contributed by atoms with Crippen molar-refractivity contribution in [1.82, 2.24) is 9.78 Å². The first kappa shape index (κ1) is 22.5. The normalized spacial score (nSPS) is 47.2. The lowest BCUT2D eigenvalue weighted by atomic mass is 9.43. The molecule has 8 atom stereocenters. The van der Waals surface area contributed by atoms with Crippen LogP contribution < -0.4 is 0 Å². The topological polar surface area (TPSA) is 75.3 Å². The number of aromatic nitrogens is 2. The molecule has 0 saturated heterocycles. The van der Waals surface area contributed by atoms with Crippen LogP contribution in [0, 0.1) is 28.6 Å². The first-order valence-corrected chi connectivity index (χ1v) is 12.5. The molecule has 1 aromatic rings. The van der Waals surface area contributed by atoms with E-state index in [0.717, 1.165) is 29.8 Å². The number of alkyl halides is 2. The fraction of sp³-hybridized carbons (Fsp3) is 0.760. The molecule has 7 heteroatoms. The summed E-state index contributed by atoms with van der Waals surface area (Å²) in [6.07, 6.45) is 5.21. The molecule has 4 aliphatic carbocycles. The molecule has 0 radical (unpaired) electrons. The maximum atomic E-state index is 17.5. The van der Waals surface area contributed by atoms with Crippen molar-refractivity contribution in [2.24, 2.45) is 28.6 Å². The summed E-state index contributed by atoms with van der Waals surface area (Å²) in [5.74, 6) is -1.64. The molecule has 0 unspecified atom stereocenters. The Bertz CT molecular complexity index is 1010. The average Bonchev–Trinajstić information content (AvgIpc) is 3.24. The predicted octanol–water partition coefficient (Wildman–Crippen LogP) is 3.93. The third-order valence-corrected chi connectivity index (χ3v) is 10.3. The number of halogens is 2. The zero-order chi connectivity index (χ0) is 23.3. The highest BCUT2D eigenvalue weighted by Gasteiger charge is 2.75. The number of rotatable bonds is 3. The smallest absolute Gasteiger partial charge is 0.179 e. The molecule has 3 saturated carbocycles. The summed E-state index contributed by atoms with van der Waals surface area (Å²) in [6.45, 7) is 8.47. The number of aliphatic hydroxyl groups is 2. The summed E-state index contributed by atoms with van der Waals surface area (Å²) in [5.41, 5.74) is -2.26. The number of hydrogen-bond donors (Lipinski definition) is 2. The van der Waals surface area contributed by atoms with Crippen molar-refractivity contribution in [2.75, 3.05) is 5.88 Å². The number of Topliss-reactive ketones (excluding diaryl/α,β-unsaturated/α-hetero) is 1. The van der Waals surface area contributed by atoms with E-state index in [0.29, 0.717) is 19.3 Å². The molecular formula is C25H34ClFN2O3. The van der Waals surface area contributed by atoms with Crippen molar-refractivity contribution in [3.05, 3.63) is 23.0 Å². The Kier molecular flexibility index (Phi) is 4.86.